The molecule has 2 aliphatic rings. The van der Waals surface area contributed by atoms with E-state index in [1.54, 1.807) is 0 Å². The number of rotatable bonds is 3. The van der Waals surface area contributed by atoms with Crippen LogP contribution >= 0.6 is 0 Å². The van der Waals surface area contributed by atoms with Gasteiger partial charge in [-0.15, -0.1) is 0 Å². The maximum Gasteiger partial charge on any atom is 0.267 e. The number of ketones is 1. The third-order valence-corrected chi connectivity index (χ3v) is 5.98. The minimum atomic E-state index is -4.02. The Morgan fingerprint density at radius 3 is 2.52 bits per heavy atom. The van der Waals surface area contributed by atoms with Crippen molar-refractivity contribution in [2.24, 2.45) is 17.0 Å². The predicted octanol–water partition coefficient (Wildman–Crippen LogP) is 1.26. The van der Waals surface area contributed by atoms with Crippen molar-refractivity contribution < 1.29 is 27.7 Å². The molecular formula is C13H21NO6S. The molecule has 2 rings (SSSR count). The topological polar surface area (TPSA) is 113 Å². The van der Waals surface area contributed by atoms with Gasteiger partial charge in [-0.25, -0.2) is 0 Å². The van der Waals surface area contributed by atoms with E-state index < -0.39 is 21.5 Å². The second-order valence-electron chi connectivity index (χ2n) is 5.90. The molecule has 0 aromatic carbocycles. The molecule has 4 atom stereocenters. The summed E-state index contributed by atoms with van der Waals surface area (Å²) >= 11 is 0. The summed E-state index contributed by atoms with van der Waals surface area (Å²) < 4.78 is 37.0. The van der Waals surface area contributed by atoms with E-state index in [1.165, 1.54) is 7.11 Å². The largest absolute Gasteiger partial charge is 0.411 e. The Hall–Kier alpha value is -0.990. The zero-order valence-electron chi connectivity index (χ0n) is 11.9. The minimum Gasteiger partial charge on any atom is -0.411 e. The molecule has 0 spiro atoms. The number of carbonyl (C=O) groups excluding carboxylic acids is 1. The molecule has 21 heavy (non-hydrogen) atoms. The summed E-state index contributed by atoms with van der Waals surface area (Å²) in [7, 11) is -2.59. The second-order valence-corrected chi connectivity index (χ2v) is 7.60. The highest BCUT2D eigenvalue weighted by Crippen LogP contribution is 2.39. The number of methoxy groups -OCH3 is 1. The van der Waals surface area contributed by atoms with Crippen molar-refractivity contribution in [3.63, 3.8) is 0 Å². The molecule has 0 radical (unpaired) electrons. The Kier molecular flexibility index (Phi) is 5.00. The highest BCUT2D eigenvalue weighted by molar-refractivity contribution is 7.86. The van der Waals surface area contributed by atoms with Crippen LogP contribution in [0.25, 0.3) is 0 Å². The monoisotopic (exact) mass is 319 g/mol. The van der Waals surface area contributed by atoms with Crippen LogP contribution in [0.15, 0.2) is 5.16 Å². The zero-order chi connectivity index (χ0) is 15.6. The van der Waals surface area contributed by atoms with Crippen LogP contribution in [0.5, 0.6) is 0 Å². The first-order valence-corrected chi connectivity index (χ1v) is 8.61. The summed E-state index contributed by atoms with van der Waals surface area (Å²) in [5.41, 5.74) is 0.0899. The molecule has 0 amide bonds. The number of ether oxygens (including phenoxy) is 1. The van der Waals surface area contributed by atoms with Gasteiger partial charge in [-0.1, -0.05) is 18.0 Å². The van der Waals surface area contributed by atoms with Gasteiger partial charge in [-0.05, 0) is 37.5 Å². The lowest BCUT2D eigenvalue weighted by atomic mass is 9.71. The van der Waals surface area contributed by atoms with Gasteiger partial charge in [0.1, 0.15) is 11.8 Å². The van der Waals surface area contributed by atoms with Gasteiger partial charge in [0.05, 0.1) is 5.25 Å². The molecule has 2 saturated carbocycles. The number of oxime groups is 1. The van der Waals surface area contributed by atoms with Crippen LogP contribution in [0.4, 0.5) is 0 Å². The molecule has 0 heterocycles. The van der Waals surface area contributed by atoms with Crippen LogP contribution < -0.4 is 0 Å². The number of nitrogens with zero attached hydrogens (tertiary/aromatic N) is 1. The Balaban J connectivity index is 2.12. The predicted molar refractivity (Wildman–Crippen MR) is 75.0 cm³/mol. The van der Waals surface area contributed by atoms with Gasteiger partial charge in [0.2, 0.25) is 5.78 Å². The molecule has 0 saturated heterocycles. The molecule has 0 aliphatic heterocycles. The van der Waals surface area contributed by atoms with Crippen molar-refractivity contribution >= 4 is 21.6 Å². The van der Waals surface area contributed by atoms with Gasteiger partial charge >= 0.3 is 0 Å². The molecule has 2 N–H and O–H groups in total. The molecular weight excluding hydrogens is 298 g/mol. The van der Waals surface area contributed by atoms with Crippen molar-refractivity contribution in [3.05, 3.63) is 0 Å². The fraction of sp³-hybridized carbons (Fsp3) is 0.846. The van der Waals surface area contributed by atoms with Gasteiger partial charge in [-0.2, -0.15) is 8.42 Å². The van der Waals surface area contributed by atoms with E-state index in [0.29, 0.717) is 25.7 Å². The molecule has 2 fully saturated rings. The Labute approximate surface area is 124 Å². The molecule has 0 aromatic heterocycles. The van der Waals surface area contributed by atoms with Crippen LogP contribution in [-0.4, -0.2) is 48.1 Å². The molecule has 4 unspecified atom stereocenters. The van der Waals surface area contributed by atoms with E-state index in [-0.39, 0.29) is 23.3 Å². The summed E-state index contributed by atoms with van der Waals surface area (Å²) in [6.07, 6.45) is 2.61. The number of hydrogen-bond acceptors (Lipinski definition) is 6. The molecule has 0 aromatic rings. The summed E-state index contributed by atoms with van der Waals surface area (Å²) in [6, 6.07) is 0. The Morgan fingerprint density at radius 1 is 1.24 bits per heavy atom. The van der Waals surface area contributed by atoms with Crippen molar-refractivity contribution in [3.8, 4) is 0 Å². The average molecular weight is 319 g/mol. The van der Waals surface area contributed by atoms with Gasteiger partial charge in [0.15, 0.2) is 0 Å². The highest BCUT2D eigenvalue weighted by atomic mass is 32.2. The van der Waals surface area contributed by atoms with E-state index >= 15 is 0 Å². The third-order valence-electron chi connectivity index (χ3n) is 4.71. The van der Waals surface area contributed by atoms with Crippen molar-refractivity contribution in [1.82, 2.24) is 0 Å². The molecule has 8 heteroatoms. The first kappa shape index (κ1) is 16.4. The summed E-state index contributed by atoms with van der Waals surface area (Å²) in [6.45, 7) is 0. The van der Waals surface area contributed by atoms with Crippen molar-refractivity contribution in [1.29, 1.82) is 0 Å². The summed E-state index contributed by atoms with van der Waals surface area (Å²) in [5.74, 6) is -0.199. The van der Waals surface area contributed by atoms with Gasteiger partial charge in [0, 0.05) is 7.11 Å². The maximum atomic E-state index is 11.9. The van der Waals surface area contributed by atoms with E-state index in [0.717, 1.165) is 12.8 Å². The van der Waals surface area contributed by atoms with Gasteiger partial charge in [0.25, 0.3) is 10.1 Å². The lowest BCUT2D eigenvalue weighted by Crippen LogP contribution is -2.42. The van der Waals surface area contributed by atoms with Crippen molar-refractivity contribution in [2.45, 2.75) is 49.9 Å². The molecule has 2 aliphatic carbocycles. The van der Waals surface area contributed by atoms with Crippen LogP contribution in [0.1, 0.15) is 38.5 Å². The third kappa shape index (κ3) is 3.61. The highest BCUT2D eigenvalue weighted by Gasteiger charge is 2.41. The van der Waals surface area contributed by atoms with E-state index in [9.17, 15) is 17.8 Å². The lowest BCUT2D eigenvalue weighted by Gasteiger charge is -2.37. The fourth-order valence-electron chi connectivity index (χ4n) is 3.53. The van der Waals surface area contributed by atoms with Gasteiger partial charge in [-0.3, -0.25) is 9.35 Å². The molecule has 120 valence electrons. The van der Waals surface area contributed by atoms with E-state index in [1.807, 2.05) is 0 Å². The van der Waals surface area contributed by atoms with Gasteiger partial charge < -0.3 is 9.94 Å². The maximum absolute atomic E-state index is 11.9. The second kappa shape index (κ2) is 6.41. The molecule has 7 nitrogen and oxygen atoms in total. The first-order chi connectivity index (χ1) is 9.86. The molecule has 0 bridgehead atoms. The Bertz CT molecular complexity index is 529. The average Bonchev–Trinajstić information content (AvgIpc) is 2.46. The quantitative estimate of drug-likeness (QED) is 0.460. The minimum absolute atomic E-state index is 0.0306. The smallest absolute Gasteiger partial charge is 0.267 e. The first-order valence-electron chi connectivity index (χ1n) is 7.11. The summed E-state index contributed by atoms with van der Waals surface area (Å²) in [5, 5.41) is 11.3. The SMILES string of the molecule is COC1CC(C2CCCC(S(=O)(=O)O)C2)CC(=NO)C1=O. The van der Waals surface area contributed by atoms with Crippen LogP contribution in [0.3, 0.4) is 0 Å². The lowest BCUT2D eigenvalue weighted by molar-refractivity contribution is -0.125. The van der Waals surface area contributed by atoms with E-state index in [2.05, 4.69) is 5.16 Å². The standard InChI is InChI=1S/C13H21NO6S/c1-20-12-7-9(6-11(14-16)13(12)15)8-3-2-4-10(5-8)21(17,18)19/h8-10,12,16H,2-7H2,1H3,(H,17,18,19). The fourth-order valence-corrected chi connectivity index (χ4v) is 4.49. The zero-order valence-corrected chi connectivity index (χ0v) is 12.8. The van der Waals surface area contributed by atoms with E-state index in [4.69, 9.17) is 9.94 Å². The van der Waals surface area contributed by atoms with Crippen LogP contribution in [0, 0.1) is 11.8 Å². The van der Waals surface area contributed by atoms with Crippen molar-refractivity contribution in [2.75, 3.05) is 7.11 Å². The summed E-state index contributed by atoms with van der Waals surface area (Å²) in [4.78, 5) is 11.9. The van der Waals surface area contributed by atoms with Crippen LogP contribution in [0.2, 0.25) is 0 Å². The normalized spacial score (nSPS) is 36.9. The van der Waals surface area contributed by atoms with Crippen LogP contribution in [-0.2, 0) is 19.6 Å². The number of hydrogen-bond donors (Lipinski definition) is 2. The number of Topliss-reactive ketones (excluding diaryl/α,β-unsaturated/α-hetero) is 1. The Morgan fingerprint density at radius 2 is 1.95 bits per heavy atom. The number of carbonyl (C=O) groups is 1.